The van der Waals surface area contributed by atoms with E-state index in [1.165, 1.54) is 36.5 Å². The number of sulfonamides is 1. The van der Waals surface area contributed by atoms with E-state index in [-0.39, 0.29) is 15.9 Å². The summed E-state index contributed by atoms with van der Waals surface area (Å²) in [6, 6.07) is 11.1. The zero-order valence-electron chi connectivity index (χ0n) is 16.8. The number of aromatic nitrogens is 1. The molecule has 1 heterocycles. The molecular formula is C21H20N3O5S2-. The van der Waals surface area contributed by atoms with E-state index in [0.29, 0.717) is 23.8 Å². The lowest BCUT2D eigenvalue weighted by atomic mass is 10.2. The Morgan fingerprint density at radius 2 is 1.97 bits per heavy atom. The van der Waals surface area contributed by atoms with E-state index in [1.807, 2.05) is 13.0 Å². The molecule has 0 fully saturated rings. The van der Waals surface area contributed by atoms with Gasteiger partial charge in [-0.3, -0.25) is 4.79 Å². The maximum Gasteiger partial charge on any atom is 0.248 e. The smallest absolute Gasteiger partial charge is 0.248 e. The molecule has 0 bridgehead atoms. The summed E-state index contributed by atoms with van der Waals surface area (Å²) in [6.07, 6.45) is 4.49. The summed E-state index contributed by atoms with van der Waals surface area (Å²) in [5, 5.41) is 4.48. The molecule has 1 aromatic heterocycles. The first kappa shape index (κ1) is 22.3. The number of carbonyl (C=O) groups is 1. The van der Waals surface area contributed by atoms with Crippen LogP contribution >= 0.6 is 11.3 Å². The van der Waals surface area contributed by atoms with Gasteiger partial charge in [0.2, 0.25) is 15.9 Å². The number of ether oxygens (including phenoxy) is 2. The van der Waals surface area contributed by atoms with Gasteiger partial charge in [0.25, 0.3) is 0 Å². The first-order chi connectivity index (χ1) is 14.9. The van der Waals surface area contributed by atoms with Gasteiger partial charge in [-0.2, -0.15) is 11.3 Å². The Labute approximate surface area is 184 Å². The Bertz CT molecular complexity index is 1160. The highest BCUT2D eigenvalue weighted by molar-refractivity contribution is 7.94. The Morgan fingerprint density at radius 3 is 2.61 bits per heavy atom. The van der Waals surface area contributed by atoms with Crippen molar-refractivity contribution in [2.45, 2.75) is 11.8 Å². The van der Waals surface area contributed by atoms with Crippen LogP contribution < -0.4 is 14.8 Å². The molecule has 0 saturated carbocycles. The Kier molecular flexibility index (Phi) is 7.27. The Balaban J connectivity index is 1.63. The molecule has 0 aliphatic rings. The van der Waals surface area contributed by atoms with Crippen LogP contribution in [0.1, 0.15) is 12.5 Å². The van der Waals surface area contributed by atoms with Gasteiger partial charge < -0.3 is 24.5 Å². The molecule has 0 unspecified atom stereocenters. The number of anilines is 1. The maximum absolute atomic E-state index is 12.3. The largest absolute Gasteiger partial charge is 0.493 e. The van der Waals surface area contributed by atoms with Gasteiger partial charge in [-0.15, -0.1) is 0 Å². The summed E-state index contributed by atoms with van der Waals surface area (Å²) in [5.41, 5.74) is 1.22. The number of thiazole rings is 1. The van der Waals surface area contributed by atoms with Crippen molar-refractivity contribution in [3.63, 3.8) is 0 Å². The number of nitrogens with zero attached hydrogens (tertiary/aromatic N) is 2. The summed E-state index contributed by atoms with van der Waals surface area (Å²) in [6.45, 7) is 2.41. The van der Waals surface area contributed by atoms with E-state index in [9.17, 15) is 13.2 Å². The summed E-state index contributed by atoms with van der Waals surface area (Å²) >= 11 is 1.13. The van der Waals surface area contributed by atoms with E-state index in [2.05, 4.69) is 15.0 Å². The molecule has 0 aliphatic carbocycles. The van der Waals surface area contributed by atoms with Gasteiger partial charge in [0, 0.05) is 16.9 Å². The maximum atomic E-state index is 12.3. The van der Waals surface area contributed by atoms with E-state index >= 15 is 0 Å². The van der Waals surface area contributed by atoms with E-state index in [4.69, 9.17) is 9.47 Å². The summed E-state index contributed by atoms with van der Waals surface area (Å²) in [4.78, 5) is 16.1. The molecule has 1 N–H and O–H groups in total. The van der Waals surface area contributed by atoms with Crippen LogP contribution in [0.25, 0.3) is 10.8 Å². The van der Waals surface area contributed by atoms with Crippen LogP contribution in [0.2, 0.25) is 0 Å². The molecule has 8 nitrogen and oxygen atoms in total. The number of amides is 1. The zero-order chi connectivity index (χ0) is 22.3. The third-order valence-corrected chi connectivity index (χ3v) is 6.01. The van der Waals surface area contributed by atoms with Crippen molar-refractivity contribution in [3.8, 4) is 11.5 Å². The van der Waals surface area contributed by atoms with Crippen molar-refractivity contribution in [1.29, 1.82) is 0 Å². The molecule has 31 heavy (non-hydrogen) atoms. The third kappa shape index (κ3) is 6.06. The Hall–Kier alpha value is -3.37. The topological polar surface area (TPSA) is 109 Å². The van der Waals surface area contributed by atoms with Gasteiger partial charge in [0.15, 0.2) is 11.5 Å². The highest BCUT2D eigenvalue weighted by atomic mass is 32.2. The van der Waals surface area contributed by atoms with Crippen molar-refractivity contribution >= 4 is 44.2 Å². The average molecular weight is 459 g/mol. The fourth-order valence-corrected chi connectivity index (χ4v) is 4.22. The summed E-state index contributed by atoms with van der Waals surface area (Å²) in [5.74, 6) is 0.837. The molecule has 0 saturated heterocycles. The van der Waals surface area contributed by atoms with Crippen LogP contribution in [-0.2, 0) is 14.8 Å². The number of rotatable bonds is 9. The first-order valence-corrected chi connectivity index (χ1v) is 11.5. The number of hydrogen-bond acceptors (Lipinski definition) is 7. The molecular weight excluding hydrogens is 438 g/mol. The normalized spacial score (nSPS) is 11.3. The summed E-state index contributed by atoms with van der Waals surface area (Å²) < 4.78 is 39.0. The third-order valence-electron chi connectivity index (χ3n) is 3.95. The molecule has 1 amide bonds. The quantitative estimate of drug-likeness (QED) is 0.470. The van der Waals surface area contributed by atoms with Crippen LogP contribution in [0.4, 0.5) is 10.8 Å². The summed E-state index contributed by atoms with van der Waals surface area (Å²) in [7, 11) is -2.32. The van der Waals surface area contributed by atoms with E-state index < -0.39 is 10.0 Å². The van der Waals surface area contributed by atoms with Gasteiger partial charge in [0.1, 0.15) is 0 Å². The number of hydrogen-bond donors (Lipinski definition) is 1. The molecule has 0 spiro atoms. The number of benzene rings is 2. The second-order valence-corrected chi connectivity index (χ2v) is 8.55. The second-order valence-electron chi connectivity index (χ2n) is 6.07. The molecule has 0 radical (unpaired) electrons. The minimum atomic E-state index is -3.87. The van der Waals surface area contributed by atoms with Crippen molar-refractivity contribution < 1.29 is 22.7 Å². The zero-order valence-corrected chi connectivity index (χ0v) is 18.4. The molecule has 0 atom stereocenters. The van der Waals surface area contributed by atoms with Gasteiger partial charge >= 0.3 is 0 Å². The fraction of sp³-hybridized carbons (Fsp3) is 0.143. The minimum Gasteiger partial charge on any atom is -0.493 e. The standard InChI is InChI=1S/C21H21N3O5S2/c1-3-29-18-10-4-15(14-19(18)28-2)5-11-20(25)23-16-6-8-17(9-7-16)31(26,27)24-21-22-12-13-30-21/h4-14H,3H2,1-2H3,(H2,22,23,24,25)/p-1. The van der Waals surface area contributed by atoms with Crippen molar-refractivity contribution in [3.05, 3.63) is 70.4 Å². The molecule has 162 valence electrons. The number of methoxy groups -OCH3 is 1. The Morgan fingerprint density at radius 1 is 1.19 bits per heavy atom. The fourth-order valence-electron chi connectivity index (χ4n) is 2.55. The molecule has 10 heteroatoms. The molecule has 3 rings (SSSR count). The van der Waals surface area contributed by atoms with Gasteiger partial charge in [0.05, 0.1) is 18.6 Å². The van der Waals surface area contributed by atoms with E-state index in [0.717, 1.165) is 16.9 Å². The monoisotopic (exact) mass is 458 g/mol. The lowest BCUT2D eigenvalue weighted by Crippen LogP contribution is -2.08. The lowest BCUT2D eigenvalue weighted by molar-refractivity contribution is -0.111. The molecule has 3 aromatic rings. The van der Waals surface area contributed by atoms with E-state index in [1.54, 1.807) is 30.7 Å². The minimum absolute atomic E-state index is 0.0118. The number of carbonyl (C=O) groups excluding carboxylic acids is 1. The van der Waals surface area contributed by atoms with Gasteiger partial charge in [-0.1, -0.05) is 12.3 Å². The van der Waals surface area contributed by atoms with Crippen molar-refractivity contribution in [2.24, 2.45) is 0 Å². The lowest BCUT2D eigenvalue weighted by Gasteiger charge is -2.12. The average Bonchev–Trinajstić information content (AvgIpc) is 3.26. The predicted molar refractivity (Wildman–Crippen MR) is 121 cm³/mol. The predicted octanol–water partition coefficient (Wildman–Crippen LogP) is 4.60. The van der Waals surface area contributed by atoms with Crippen LogP contribution in [0.15, 0.2) is 65.0 Å². The molecule has 0 aliphatic heterocycles. The molecule has 2 aromatic carbocycles. The van der Waals surface area contributed by atoms with Gasteiger partial charge in [-0.05, 0) is 60.3 Å². The number of nitrogens with one attached hydrogen (secondary N) is 1. The van der Waals surface area contributed by atoms with Crippen molar-refractivity contribution in [2.75, 3.05) is 19.0 Å². The highest BCUT2D eigenvalue weighted by Crippen LogP contribution is 2.30. The SMILES string of the molecule is CCOc1ccc(C=CC(=O)Nc2ccc(S(=O)(=O)[N-]c3nccs3)cc2)cc1OC. The second kappa shape index (κ2) is 10.1. The van der Waals surface area contributed by atoms with Crippen LogP contribution in [-0.4, -0.2) is 33.0 Å². The van der Waals surface area contributed by atoms with Crippen LogP contribution in [0.5, 0.6) is 11.5 Å². The van der Waals surface area contributed by atoms with Crippen molar-refractivity contribution in [1.82, 2.24) is 4.98 Å². The highest BCUT2D eigenvalue weighted by Gasteiger charge is 2.10. The van der Waals surface area contributed by atoms with Crippen LogP contribution in [0, 0.1) is 0 Å². The van der Waals surface area contributed by atoms with Crippen LogP contribution in [0.3, 0.4) is 0 Å². The van der Waals surface area contributed by atoms with Gasteiger partial charge in [-0.25, -0.2) is 8.42 Å². The first-order valence-electron chi connectivity index (χ1n) is 9.19.